The number of carbonyl (C=O) groups excluding carboxylic acids is 1. The average molecular weight is 304 g/mol. The van der Waals surface area contributed by atoms with Crippen LogP contribution in [-0.2, 0) is 0 Å². The van der Waals surface area contributed by atoms with Gasteiger partial charge in [0.25, 0.3) is 5.91 Å². The van der Waals surface area contributed by atoms with Crippen LogP contribution in [0, 0.1) is 0 Å². The molecule has 6 heteroatoms. The number of aromatic nitrogens is 1. The summed E-state index contributed by atoms with van der Waals surface area (Å²) in [7, 11) is 0. The molecule has 2 aromatic rings. The van der Waals surface area contributed by atoms with E-state index < -0.39 is 0 Å². The molecule has 0 aliphatic rings. The summed E-state index contributed by atoms with van der Waals surface area (Å²) >= 11 is 1.81. The number of nitrogens with zero attached hydrogens (tertiary/aromatic N) is 1. The maximum Gasteiger partial charge on any atom is 0.252 e. The van der Waals surface area contributed by atoms with Crippen LogP contribution >= 0.6 is 11.8 Å². The summed E-state index contributed by atoms with van der Waals surface area (Å²) in [6.07, 6.45) is 0. The number of rotatable bonds is 6. The minimum Gasteiger partial charge on any atom is -0.349 e. The first-order chi connectivity index (χ1) is 10.2. The predicted octanol–water partition coefficient (Wildman–Crippen LogP) is 2.39. The molecule has 0 spiro atoms. The topological polar surface area (TPSA) is 80.0 Å². The molecule has 2 rings (SSSR count). The molecule has 0 fully saturated rings. The van der Waals surface area contributed by atoms with Crippen molar-refractivity contribution in [2.75, 3.05) is 16.9 Å². The molecule has 21 heavy (non-hydrogen) atoms. The van der Waals surface area contributed by atoms with Crippen LogP contribution in [-0.4, -0.2) is 28.4 Å². The second-order valence-electron chi connectivity index (χ2n) is 4.75. The summed E-state index contributed by atoms with van der Waals surface area (Å²) in [6.45, 7) is 4.11. The van der Waals surface area contributed by atoms with Crippen LogP contribution in [0.1, 0.15) is 24.2 Å². The molecule has 1 heterocycles. The summed E-state index contributed by atoms with van der Waals surface area (Å²) < 4.78 is 0. The zero-order valence-corrected chi connectivity index (χ0v) is 13.0. The van der Waals surface area contributed by atoms with Crippen LogP contribution in [0.3, 0.4) is 0 Å². The number of hydrazine groups is 1. The molecule has 1 aromatic heterocycles. The third-order valence-corrected chi connectivity index (χ3v) is 4.20. The smallest absolute Gasteiger partial charge is 0.252 e. The van der Waals surface area contributed by atoms with E-state index in [-0.39, 0.29) is 11.9 Å². The molecule has 0 radical (unpaired) electrons. The van der Waals surface area contributed by atoms with E-state index in [1.807, 2.05) is 31.2 Å². The highest BCUT2D eigenvalue weighted by Crippen LogP contribution is 2.20. The van der Waals surface area contributed by atoms with Gasteiger partial charge < -0.3 is 10.7 Å². The molecular weight excluding hydrogens is 284 g/mol. The number of para-hydroxylation sites is 1. The third-order valence-electron chi connectivity index (χ3n) is 3.06. The van der Waals surface area contributed by atoms with Crippen molar-refractivity contribution in [1.82, 2.24) is 10.3 Å². The zero-order valence-electron chi connectivity index (χ0n) is 12.2. The van der Waals surface area contributed by atoms with Crippen molar-refractivity contribution in [3.05, 3.63) is 35.9 Å². The van der Waals surface area contributed by atoms with Gasteiger partial charge in [-0.1, -0.05) is 25.1 Å². The average Bonchev–Trinajstić information content (AvgIpc) is 2.51. The quantitative estimate of drug-likeness (QED) is 0.564. The molecule has 5 nitrogen and oxygen atoms in total. The molecule has 0 aliphatic heterocycles. The number of pyridine rings is 1. The van der Waals surface area contributed by atoms with Gasteiger partial charge in [-0.3, -0.25) is 4.79 Å². The third kappa shape index (κ3) is 3.86. The number of thioether (sulfide) groups is 1. The Morgan fingerprint density at radius 2 is 2.19 bits per heavy atom. The monoisotopic (exact) mass is 304 g/mol. The number of amides is 1. The number of nitrogen functional groups attached to an aromatic ring is 1. The largest absolute Gasteiger partial charge is 0.349 e. The van der Waals surface area contributed by atoms with Crippen molar-refractivity contribution in [2.24, 2.45) is 5.84 Å². The lowest BCUT2D eigenvalue weighted by atomic mass is 10.1. The Morgan fingerprint density at radius 3 is 2.90 bits per heavy atom. The van der Waals surface area contributed by atoms with E-state index in [1.54, 1.807) is 17.8 Å². The van der Waals surface area contributed by atoms with Crippen molar-refractivity contribution < 1.29 is 4.79 Å². The SMILES string of the molecule is CCSCC(C)NC(=O)c1cc(NN)nc2ccccc12. The Bertz CT molecular complexity index is 632. The lowest BCUT2D eigenvalue weighted by molar-refractivity contribution is 0.0945. The number of hydrogen-bond donors (Lipinski definition) is 3. The van der Waals surface area contributed by atoms with E-state index >= 15 is 0 Å². The minimum absolute atomic E-state index is 0.102. The zero-order chi connectivity index (χ0) is 15.2. The fraction of sp³-hybridized carbons (Fsp3) is 0.333. The first kappa shape index (κ1) is 15.6. The number of nitrogens with two attached hydrogens (primary N) is 1. The summed E-state index contributed by atoms with van der Waals surface area (Å²) in [4.78, 5) is 16.8. The van der Waals surface area contributed by atoms with Crippen LogP contribution in [0.5, 0.6) is 0 Å². The van der Waals surface area contributed by atoms with Gasteiger partial charge in [0, 0.05) is 17.2 Å². The fourth-order valence-electron chi connectivity index (χ4n) is 2.08. The van der Waals surface area contributed by atoms with Crippen molar-refractivity contribution in [3.63, 3.8) is 0 Å². The van der Waals surface area contributed by atoms with Gasteiger partial charge in [-0.25, -0.2) is 10.8 Å². The van der Waals surface area contributed by atoms with Gasteiger partial charge in [0.05, 0.1) is 11.1 Å². The molecule has 1 atom stereocenters. The number of nitrogens with one attached hydrogen (secondary N) is 2. The van der Waals surface area contributed by atoms with Gasteiger partial charge in [-0.05, 0) is 24.8 Å². The number of carbonyl (C=O) groups is 1. The highest BCUT2D eigenvalue weighted by Gasteiger charge is 2.14. The first-order valence-corrected chi connectivity index (χ1v) is 8.06. The van der Waals surface area contributed by atoms with E-state index in [2.05, 4.69) is 22.7 Å². The molecule has 1 unspecified atom stereocenters. The lowest BCUT2D eigenvalue weighted by Gasteiger charge is -2.15. The van der Waals surface area contributed by atoms with Crippen LogP contribution in [0.15, 0.2) is 30.3 Å². The summed E-state index contributed by atoms with van der Waals surface area (Å²) in [6, 6.07) is 9.33. The van der Waals surface area contributed by atoms with Gasteiger partial charge in [-0.15, -0.1) is 0 Å². The highest BCUT2D eigenvalue weighted by atomic mass is 32.2. The van der Waals surface area contributed by atoms with E-state index in [0.29, 0.717) is 11.4 Å². The van der Waals surface area contributed by atoms with Crippen LogP contribution < -0.4 is 16.6 Å². The van der Waals surface area contributed by atoms with E-state index in [1.165, 1.54) is 0 Å². The molecule has 1 amide bonds. The molecular formula is C15H20N4OS. The van der Waals surface area contributed by atoms with Crippen molar-refractivity contribution in [1.29, 1.82) is 0 Å². The Kier molecular flexibility index (Phi) is 5.41. The summed E-state index contributed by atoms with van der Waals surface area (Å²) in [5.74, 6) is 7.75. The molecule has 0 saturated carbocycles. The molecule has 4 N–H and O–H groups in total. The number of anilines is 1. The second kappa shape index (κ2) is 7.28. The van der Waals surface area contributed by atoms with Gasteiger partial charge >= 0.3 is 0 Å². The van der Waals surface area contributed by atoms with Gasteiger partial charge in [0.1, 0.15) is 5.82 Å². The van der Waals surface area contributed by atoms with Gasteiger partial charge in [-0.2, -0.15) is 11.8 Å². The summed E-state index contributed by atoms with van der Waals surface area (Å²) in [5, 5.41) is 3.84. The molecule has 0 saturated heterocycles. The minimum atomic E-state index is -0.102. The van der Waals surface area contributed by atoms with Crippen molar-refractivity contribution in [2.45, 2.75) is 19.9 Å². The van der Waals surface area contributed by atoms with E-state index in [9.17, 15) is 4.79 Å². The Labute approximate surface area is 128 Å². The molecule has 1 aromatic carbocycles. The molecule has 0 aliphatic carbocycles. The van der Waals surface area contributed by atoms with Crippen LogP contribution in [0.25, 0.3) is 10.9 Å². The van der Waals surface area contributed by atoms with Gasteiger partial charge in [0.15, 0.2) is 0 Å². The Balaban J connectivity index is 2.29. The highest BCUT2D eigenvalue weighted by molar-refractivity contribution is 7.99. The number of benzene rings is 1. The van der Waals surface area contributed by atoms with Crippen LogP contribution in [0.2, 0.25) is 0 Å². The number of hydrogen-bond acceptors (Lipinski definition) is 5. The van der Waals surface area contributed by atoms with E-state index in [4.69, 9.17) is 5.84 Å². The summed E-state index contributed by atoms with van der Waals surface area (Å²) in [5.41, 5.74) is 3.84. The maximum absolute atomic E-state index is 12.5. The van der Waals surface area contributed by atoms with Crippen molar-refractivity contribution >= 4 is 34.4 Å². The maximum atomic E-state index is 12.5. The second-order valence-corrected chi connectivity index (χ2v) is 6.07. The number of fused-ring (bicyclic) bond motifs is 1. The standard InChI is InChI=1S/C15H20N4OS/c1-3-21-9-10(2)17-15(20)12-8-14(19-16)18-13-7-5-4-6-11(12)13/h4-8,10H,3,9,16H2,1-2H3,(H,17,20)(H,18,19). The Morgan fingerprint density at radius 1 is 1.43 bits per heavy atom. The van der Waals surface area contributed by atoms with Crippen LogP contribution in [0.4, 0.5) is 5.82 Å². The first-order valence-electron chi connectivity index (χ1n) is 6.90. The lowest BCUT2D eigenvalue weighted by Crippen LogP contribution is -2.34. The molecule has 0 bridgehead atoms. The molecule has 112 valence electrons. The Hall–Kier alpha value is -1.79. The normalized spacial score (nSPS) is 12.1. The fourth-order valence-corrected chi connectivity index (χ4v) is 2.75. The van der Waals surface area contributed by atoms with Gasteiger partial charge in [0.2, 0.25) is 0 Å². The van der Waals surface area contributed by atoms with E-state index in [0.717, 1.165) is 22.4 Å². The van der Waals surface area contributed by atoms with Crippen molar-refractivity contribution in [3.8, 4) is 0 Å². The predicted molar refractivity (Wildman–Crippen MR) is 89.5 cm³/mol.